The Hall–Kier alpha value is -1.51. The van der Waals surface area contributed by atoms with Crippen molar-refractivity contribution in [3.8, 4) is 0 Å². The number of para-hydroxylation sites is 1. The van der Waals surface area contributed by atoms with Crippen LogP contribution in [0.1, 0.15) is 25.8 Å². The first-order chi connectivity index (χ1) is 7.61. The molecule has 0 heterocycles. The van der Waals surface area contributed by atoms with Crippen LogP contribution in [0.4, 0.5) is 5.69 Å². The van der Waals surface area contributed by atoms with E-state index in [1.165, 1.54) is 5.56 Å². The SMILES string of the molecule is CCc1ccccc1N(C)[C@H](CC)C(=O)O. The average molecular weight is 221 g/mol. The molecule has 3 nitrogen and oxygen atoms in total. The number of rotatable bonds is 5. The molecule has 1 aromatic rings. The van der Waals surface area contributed by atoms with Crippen molar-refractivity contribution < 1.29 is 9.90 Å². The molecule has 0 aliphatic rings. The van der Waals surface area contributed by atoms with E-state index >= 15 is 0 Å². The molecule has 0 aliphatic heterocycles. The molecule has 0 unspecified atom stereocenters. The van der Waals surface area contributed by atoms with E-state index in [4.69, 9.17) is 5.11 Å². The van der Waals surface area contributed by atoms with Crippen LogP contribution in [0.25, 0.3) is 0 Å². The Morgan fingerprint density at radius 2 is 2.00 bits per heavy atom. The van der Waals surface area contributed by atoms with Gasteiger partial charge in [0.2, 0.25) is 0 Å². The number of carboxylic acid groups (broad SMARTS) is 1. The third-order valence-electron chi connectivity index (χ3n) is 2.89. The zero-order chi connectivity index (χ0) is 12.1. The van der Waals surface area contributed by atoms with Gasteiger partial charge in [-0.3, -0.25) is 0 Å². The van der Waals surface area contributed by atoms with Crippen LogP contribution in [0.15, 0.2) is 24.3 Å². The van der Waals surface area contributed by atoms with Crippen molar-refractivity contribution in [1.82, 2.24) is 0 Å². The van der Waals surface area contributed by atoms with Gasteiger partial charge in [-0.15, -0.1) is 0 Å². The number of carbonyl (C=O) groups is 1. The first kappa shape index (κ1) is 12.6. The predicted molar refractivity (Wildman–Crippen MR) is 65.9 cm³/mol. The number of anilines is 1. The Bertz CT molecular complexity index is 363. The van der Waals surface area contributed by atoms with Gasteiger partial charge in [-0.05, 0) is 24.5 Å². The van der Waals surface area contributed by atoms with E-state index in [2.05, 4.69) is 6.92 Å². The van der Waals surface area contributed by atoms with Gasteiger partial charge in [-0.25, -0.2) is 4.79 Å². The van der Waals surface area contributed by atoms with Gasteiger partial charge < -0.3 is 10.0 Å². The minimum Gasteiger partial charge on any atom is -0.480 e. The van der Waals surface area contributed by atoms with Gasteiger partial charge in [0.1, 0.15) is 6.04 Å². The van der Waals surface area contributed by atoms with Crippen molar-refractivity contribution in [1.29, 1.82) is 0 Å². The summed E-state index contributed by atoms with van der Waals surface area (Å²) in [5, 5.41) is 9.13. The average Bonchev–Trinajstić information content (AvgIpc) is 2.29. The Kier molecular flexibility index (Phi) is 4.35. The molecule has 0 fully saturated rings. The lowest BCUT2D eigenvalue weighted by molar-refractivity contribution is -0.138. The summed E-state index contributed by atoms with van der Waals surface area (Å²) in [6, 6.07) is 7.50. The molecule has 1 atom stereocenters. The van der Waals surface area contributed by atoms with Crippen LogP contribution in [0.2, 0.25) is 0 Å². The molecule has 0 amide bonds. The molecule has 0 radical (unpaired) electrons. The van der Waals surface area contributed by atoms with E-state index in [-0.39, 0.29) is 0 Å². The number of nitrogens with zero attached hydrogens (tertiary/aromatic N) is 1. The van der Waals surface area contributed by atoms with Crippen LogP contribution in [-0.4, -0.2) is 24.2 Å². The minimum atomic E-state index is -0.768. The third-order valence-corrected chi connectivity index (χ3v) is 2.89. The molecule has 0 aliphatic carbocycles. The Balaban J connectivity index is 3.02. The van der Waals surface area contributed by atoms with Crippen LogP contribution < -0.4 is 4.90 Å². The highest BCUT2D eigenvalue weighted by Gasteiger charge is 2.21. The van der Waals surface area contributed by atoms with Crippen molar-refractivity contribution >= 4 is 11.7 Å². The first-order valence-electron chi connectivity index (χ1n) is 5.65. The molecule has 0 bridgehead atoms. The molecule has 1 aromatic carbocycles. The molecule has 3 heteroatoms. The summed E-state index contributed by atoms with van der Waals surface area (Å²) < 4.78 is 0. The molecule has 1 rings (SSSR count). The first-order valence-corrected chi connectivity index (χ1v) is 5.65. The summed E-state index contributed by atoms with van der Waals surface area (Å²) in [6.07, 6.45) is 1.51. The lowest BCUT2D eigenvalue weighted by Gasteiger charge is -2.27. The fourth-order valence-electron chi connectivity index (χ4n) is 1.94. The number of hydrogen-bond acceptors (Lipinski definition) is 2. The molecule has 88 valence electrons. The largest absolute Gasteiger partial charge is 0.480 e. The van der Waals surface area contributed by atoms with Gasteiger partial charge in [-0.1, -0.05) is 32.0 Å². The normalized spacial score (nSPS) is 12.2. The Labute approximate surface area is 96.7 Å². The molecule has 0 saturated carbocycles. The second-order valence-electron chi connectivity index (χ2n) is 3.86. The van der Waals surface area contributed by atoms with E-state index in [1.807, 2.05) is 43.1 Å². The highest BCUT2D eigenvalue weighted by molar-refractivity contribution is 5.78. The lowest BCUT2D eigenvalue weighted by Crippen LogP contribution is -2.38. The standard InChI is InChI=1S/C13H19NO2/c1-4-10-8-6-7-9-12(10)14(3)11(5-2)13(15)16/h6-9,11H,4-5H2,1-3H3,(H,15,16)/t11-/m1/s1. The fourth-order valence-corrected chi connectivity index (χ4v) is 1.94. The van der Waals surface area contributed by atoms with Crippen LogP contribution in [0, 0.1) is 0 Å². The molecule has 0 spiro atoms. The van der Waals surface area contributed by atoms with E-state index in [0.717, 1.165) is 12.1 Å². The van der Waals surface area contributed by atoms with Gasteiger partial charge in [0.15, 0.2) is 0 Å². The summed E-state index contributed by atoms with van der Waals surface area (Å²) in [5.74, 6) is -0.768. The van der Waals surface area contributed by atoms with Crippen molar-refractivity contribution in [2.45, 2.75) is 32.7 Å². The molecule has 1 N–H and O–H groups in total. The van der Waals surface area contributed by atoms with E-state index in [1.54, 1.807) is 0 Å². The Morgan fingerprint density at radius 1 is 1.38 bits per heavy atom. The minimum absolute atomic E-state index is 0.451. The quantitative estimate of drug-likeness (QED) is 0.830. The van der Waals surface area contributed by atoms with Gasteiger partial charge in [0, 0.05) is 12.7 Å². The summed E-state index contributed by atoms with van der Waals surface area (Å²) in [4.78, 5) is 13.0. The van der Waals surface area contributed by atoms with Crippen LogP contribution >= 0.6 is 0 Å². The van der Waals surface area contributed by atoms with Crippen molar-refractivity contribution in [3.63, 3.8) is 0 Å². The highest BCUT2D eigenvalue weighted by atomic mass is 16.4. The second-order valence-corrected chi connectivity index (χ2v) is 3.86. The third kappa shape index (κ3) is 2.54. The molecule has 0 saturated heterocycles. The van der Waals surface area contributed by atoms with Crippen molar-refractivity contribution in [2.75, 3.05) is 11.9 Å². The number of carboxylic acids is 1. The fraction of sp³-hybridized carbons (Fsp3) is 0.462. The maximum Gasteiger partial charge on any atom is 0.326 e. The highest BCUT2D eigenvalue weighted by Crippen LogP contribution is 2.22. The van der Waals surface area contributed by atoms with Gasteiger partial charge >= 0.3 is 5.97 Å². The van der Waals surface area contributed by atoms with Gasteiger partial charge in [0.05, 0.1) is 0 Å². The van der Waals surface area contributed by atoms with Crippen molar-refractivity contribution in [2.24, 2.45) is 0 Å². The zero-order valence-electron chi connectivity index (χ0n) is 10.1. The number of aliphatic carboxylic acids is 1. The summed E-state index contributed by atoms with van der Waals surface area (Å²) in [7, 11) is 1.84. The van der Waals surface area contributed by atoms with Gasteiger partial charge in [0.25, 0.3) is 0 Å². The number of hydrogen-bond donors (Lipinski definition) is 1. The number of likely N-dealkylation sites (N-methyl/N-ethyl adjacent to an activating group) is 1. The molecule has 16 heavy (non-hydrogen) atoms. The zero-order valence-corrected chi connectivity index (χ0v) is 10.1. The monoisotopic (exact) mass is 221 g/mol. The maximum absolute atomic E-state index is 11.1. The molecular formula is C13H19NO2. The molecule has 0 aromatic heterocycles. The van der Waals surface area contributed by atoms with Crippen LogP contribution in [0.5, 0.6) is 0 Å². The smallest absolute Gasteiger partial charge is 0.326 e. The summed E-state index contributed by atoms with van der Waals surface area (Å²) in [6.45, 7) is 3.97. The Morgan fingerprint density at radius 3 is 2.50 bits per heavy atom. The van der Waals surface area contributed by atoms with E-state index in [9.17, 15) is 4.79 Å². The second kappa shape index (κ2) is 5.54. The number of benzene rings is 1. The van der Waals surface area contributed by atoms with E-state index in [0.29, 0.717) is 6.42 Å². The summed E-state index contributed by atoms with van der Waals surface area (Å²) in [5.41, 5.74) is 2.20. The van der Waals surface area contributed by atoms with Crippen molar-refractivity contribution in [3.05, 3.63) is 29.8 Å². The van der Waals surface area contributed by atoms with Gasteiger partial charge in [-0.2, -0.15) is 0 Å². The lowest BCUT2D eigenvalue weighted by atomic mass is 10.1. The number of aryl methyl sites for hydroxylation is 1. The predicted octanol–water partition coefficient (Wildman–Crippen LogP) is 2.55. The van der Waals surface area contributed by atoms with Crippen LogP contribution in [0.3, 0.4) is 0 Å². The topological polar surface area (TPSA) is 40.5 Å². The van der Waals surface area contributed by atoms with E-state index < -0.39 is 12.0 Å². The van der Waals surface area contributed by atoms with Crippen LogP contribution in [-0.2, 0) is 11.2 Å². The molecular weight excluding hydrogens is 202 g/mol. The summed E-state index contributed by atoms with van der Waals surface area (Å²) >= 11 is 0. The maximum atomic E-state index is 11.1.